The smallest absolute Gasteiger partial charge is 0.487 e. The van der Waals surface area contributed by atoms with E-state index in [4.69, 9.17) is 4.65 Å². The molecule has 2 saturated heterocycles. The Labute approximate surface area is 192 Å². The largest absolute Gasteiger partial charge is 0.507 e. The number of carbonyl (C=O) groups is 2. The average Bonchev–Trinajstić information content (AvgIpc) is 3.06. The van der Waals surface area contributed by atoms with E-state index in [0.717, 1.165) is 5.56 Å². The van der Waals surface area contributed by atoms with Crippen molar-refractivity contribution in [2.75, 3.05) is 11.5 Å². The molecule has 1 aliphatic carbocycles. The van der Waals surface area contributed by atoms with Crippen molar-refractivity contribution in [3.05, 3.63) is 70.2 Å². The van der Waals surface area contributed by atoms with Crippen LogP contribution in [-0.4, -0.2) is 40.8 Å². The molecule has 5 rings (SSSR count). The van der Waals surface area contributed by atoms with Gasteiger partial charge in [-0.3, -0.25) is 14.5 Å². The minimum atomic E-state index is -1.28. The number of nitrogens with zero attached hydrogens (tertiary/aromatic N) is 1. The molecular formula is C25H26BNO6. The van der Waals surface area contributed by atoms with Gasteiger partial charge in [-0.1, -0.05) is 18.2 Å². The molecular weight excluding hydrogens is 421 g/mol. The third-order valence-electron chi connectivity index (χ3n) is 7.30. The summed E-state index contributed by atoms with van der Waals surface area (Å²) in [6.07, 6.45) is 0.102. The zero-order valence-electron chi connectivity index (χ0n) is 18.6. The Morgan fingerprint density at radius 3 is 2.36 bits per heavy atom. The number of fused-ring (bicyclic) bond motifs is 3. The summed E-state index contributed by atoms with van der Waals surface area (Å²) >= 11 is 0. The third-order valence-corrected chi connectivity index (χ3v) is 7.30. The molecule has 4 atom stereocenters. The Bertz CT molecular complexity index is 1140. The van der Waals surface area contributed by atoms with Crippen molar-refractivity contribution in [3.8, 4) is 5.75 Å². The van der Waals surface area contributed by atoms with Gasteiger partial charge in [0.1, 0.15) is 5.75 Å². The van der Waals surface area contributed by atoms with Crippen LogP contribution in [0.4, 0.5) is 5.69 Å². The average molecular weight is 447 g/mol. The molecule has 3 N–H and O–H groups in total. The number of rotatable bonds is 3. The number of allylic oxidation sites excluding steroid dienone is 1. The maximum atomic E-state index is 13.6. The van der Waals surface area contributed by atoms with E-state index in [2.05, 4.69) is 0 Å². The van der Waals surface area contributed by atoms with Gasteiger partial charge in [-0.25, -0.2) is 0 Å². The highest BCUT2D eigenvalue weighted by molar-refractivity contribution is 6.53. The van der Waals surface area contributed by atoms with Crippen molar-refractivity contribution in [2.45, 2.75) is 32.8 Å². The van der Waals surface area contributed by atoms with Crippen LogP contribution < -0.4 is 4.90 Å². The SMILES string of the molecule is Cc1cc([C@@H]2C[C@@H]3C(=C(CO)C[C@@H]4C(=O)N(c5ccccc5)C(=O)[C@@H]43)B(O)O2)cc(C)c1O. The number of imide groups is 1. The second kappa shape index (κ2) is 8.13. The Morgan fingerprint density at radius 2 is 1.73 bits per heavy atom. The molecule has 0 spiro atoms. The van der Waals surface area contributed by atoms with Crippen LogP contribution in [0.15, 0.2) is 53.5 Å². The maximum absolute atomic E-state index is 13.6. The highest BCUT2D eigenvalue weighted by atomic mass is 16.5. The third kappa shape index (κ3) is 3.41. The molecule has 2 heterocycles. The van der Waals surface area contributed by atoms with Crippen LogP contribution in [-0.2, 0) is 14.2 Å². The molecule has 0 radical (unpaired) electrons. The standard InChI is InChI=1S/C25H26BNO6/c1-13-8-15(9-14(2)23(13)29)20-11-18-21-19(10-16(12-28)22(18)26(32)33-20)24(30)27(25(21)31)17-6-4-3-5-7-17/h3-9,18-21,28-29,32H,10-12H2,1-2H3/t18-,19-,20-,21+/m0/s1. The van der Waals surface area contributed by atoms with E-state index in [1.807, 2.05) is 18.2 Å². The highest BCUT2D eigenvalue weighted by Crippen LogP contribution is 2.52. The van der Waals surface area contributed by atoms with E-state index < -0.39 is 31.0 Å². The van der Waals surface area contributed by atoms with Crippen LogP contribution in [0.5, 0.6) is 5.75 Å². The summed E-state index contributed by atoms with van der Waals surface area (Å²) in [4.78, 5) is 28.1. The lowest BCUT2D eigenvalue weighted by Gasteiger charge is -2.42. The minimum absolute atomic E-state index is 0.214. The molecule has 2 aromatic carbocycles. The maximum Gasteiger partial charge on any atom is 0.487 e. The van der Waals surface area contributed by atoms with Crippen molar-refractivity contribution in [2.24, 2.45) is 17.8 Å². The number of aryl methyl sites for hydroxylation is 2. The zero-order chi connectivity index (χ0) is 23.4. The molecule has 2 aromatic rings. The number of aliphatic hydroxyl groups is 1. The molecule has 2 amide bonds. The van der Waals surface area contributed by atoms with Gasteiger partial charge in [0.15, 0.2) is 0 Å². The van der Waals surface area contributed by atoms with Crippen molar-refractivity contribution >= 4 is 24.6 Å². The number of hydrogen-bond donors (Lipinski definition) is 3. The number of phenols is 1. The number of para-hydroxylation sites is 1. The number of aliphatic hydroxyl groups excluding tert-OH is 1. The molecule has 7 nitrogen and oxygen atoms in total. The van der Waals surface area contributed by atoms with Gasteiger partial charge in [0.05, 0.1) is 30.2 Å². The highest BCUT2D eigenvalue weighted by Gasteiger charge is 2.58. The molecule has 8 heteroatoms. The summed E-state index contributed by atoms with van der Waals surface area (Å²) in [5.41, 5.74) is 3.82. The van der Waals surface area contributed by atoms with E-state index in [9.17, 15) is 24.8 Å². The second-order valence-corrected chi connectivity index (χ2v) is 9.22. The van der Waals surface area contributed by atoms with Gasteiger partial charge < -0.3 is 19.9 Å². The summed E-state index contributed by atoms with van der Waals surface area (Å²) in [6, 6.07) is 12.5. The Kier molecular flexibility index (Phi) is 5.39. The zero-order valence-corrected chi connectivity index (χ0v) is 18.6. The summed E-state index contributed by atoms with van der Waals surface area (Å²) in [5.74, 6) is -1.96. The van der Waals surface area contributed by atoms with Crippen LogP contribution in [0, 0.1) is 31.6 Å². The van der Waals surface area contributed by atoms with Crippen molar-refractivity contribution in [3.63, 3.8) is 0 Å². The first-order valence-electron chi connectivity index (χ1n) is 11.2. The van der Waals surface area contributed by atoms with Gasteiger partial charge in [-0.05, 0) is 84.6 Å². The molecule has 2 aliphatic heterocycles. The first kappa shape index (κ1) is 21.9. The number of anilines is 1. The normalized spacial score (nSPS) is 27.2. The monoisotopic (exact) mass is 447 g/mol. The number of carbonyl (C=O) groups excluding carboxylic acids is 2. The molecule has 0 aromatic heterocycles. The van der Waals surface area contributed by atoms with E-state index >= 15 is 0 Å². The fourth-order valence-electron chi connectivity index (χ4n) is 5.78. The van der Waals surface area contributed by atoms with Crippen LogP contribution in [0.25, 0.3) is 0 Å². The first-order chi connectivity index (χ1) is 15.8. The lowest BCUT2D eigenvalue weighted by molar-refractivity contribution is -0.123. The van der Waals surface area contributed by atoms with Gasteiger partial charge in [0.2, 0.25) is 11.8 Å². The Morgan fingerprint density at radius 1 is 1.06 bits per heavy atom. The number of benzene rings is 2. The summed E-state index contributed by atoms with van der Waals surface area (Å²) in [6.45, 7) is 3.30. The molecule has 0 unspecified atom stereocenters. The van der Waals surface area contributed by atoms with Crippen molar-refractivity contribution in [1.82, 2.24) is 0 Å². The molecule has 3 aliphatic rings. The number of hydrogen-bond acceptors (Lipinski definition) is 6. The first-order valence-corrected chi connectivity index (χ1v) is 11.2. The number of aromatic hydroxyl groups is 1. The number of amides is 2. The Hall–Kier alpha value is -2.94. The topological polar surface area (TPSA) is 107 Å². The van der Waals surface area contributed by atoms with Crippen LogP contribution in [0.1, 0.15) is 35.6 Å². The predicted octanol–water partition coefficient (Wildman–Crippen LogP) is 2.60. The molecule has 0 bridgehead atoms. The second-order valence-electron chi connectivity index (χ2n) is 9.22. The fraction of sp³-hybridized carbons (Fsp3) is 0.360. The number of phenolic OH excluding ortho intramolecular Hbond substituents is 1. The van der Waals surface area contributed by atoms with Crippen molar-refractivity contribution in [1.29, 1.82) is 0 Å². The van der Waals surface area contributed by atoms with Crippen LogP contribution in [0.2, 0.25) is 0 Å². The summed E-state index contributed by atoms with van der Waals surface area (Å²) in [5, 5.41) is 31.1. The van der Waals surface area contributed by atoms with Gasteiger partial charge in [0.25, 0.3) is 0 Å². The minimum Gasteiger partial charge on any atom is -0.507 e. The predicted molar refractivity (Wildman–Crippen MR) is 122 cm³/mol. The molecule has 0 saturated carbocycles. The molecule has 33 heavy (non-hydrogen) atoms. The van der Waals surface area contributed by atoms with E-state index in [1.165, 1.54) is 4.90 Å². The lowest BCUT2D eigenvalue weighted by atomic mass is 9.55. The van der Waals surface area contributed by atoms with E-state index in [0.29, 0.717) is 34.3 Å². The Balaban J connectivity index is 1.55. The van der Waals surface area contributed by atoms with Crippen LogP contribution in [0.3, 0.4) is 0 Å². The quantitative estimate of drug-likeness (QED) is 0.493. The molecule has 2 fully saturated rings. The van der Waals surface area contributed by atoms with Gasteiger partial charge in [-0.2, -0.15) is 0 Å². The van der Waals surface area contributed by atoms with Gasteiger partial charge in [0, 0.05) is 0 Å². The summed E-state index contributed by atoms with van der Waals surface area (Å²) in [7, 11) is -1.28. The molecule has 170 valence electrons. The van der Waals surface area contributed by atoms with Gasteiger partial charge in [-0.15, -0.1) is 0 Å². The van der Waals surface area contributed by atoms with Crippen molar-refractivity contribution < 1.29 is 29.5 Å². The van der Waals surface area contributed by atoms with E-state index in [-0.39, 0.29) is 30.6 Å². The fourth-order valence-corrected chi connectivity index (χ4v) is 5.78. The van der Waals surface area contributed by atoms with Crippen LogP contribution >= 0.6 is 0 Å². The van der Waals surface area contributed by atoms with Gasteiger partial charge >= 0.3 is 7.12 Å². The lowest BCUT2D eigenvalue weighted by Crippen LogP contribution is -2.45. The van der Waals surface area contributed by atoms with E-state index in [1.54, 1.807) is 38.1 Å². The summed E-state index contributed by atoms with van der Waals surface area (Å²) < 4.78 is 5.94.